The van der Waals surface area contributed by atoms with Crippen molar-refractivity contribution < 1.29 is 8.83 Å². The third-order valence-electron chi connectivity index (χ3n) is 7.47. The van der Waals surface area contributed by atoms with Crippen molar-refractivity contribution in [2.75, 3.05) is 4.90 Å². The van der Waals surface area contributed by atoms with Crippen LogP contribution in [0.3, 0.4) is 0 Å². The fourth-order valence-electron chi connectivity index (χ4n) is 5.66. The molecule has 0 aliphatic heterocycles. The van der Waals surface area contributed by atoms with Crippen LogP contribution in [0.25, 0.3) is 55.0 Å². The number of benzene rings is 6. The van der Waals surface area contributed by atoms with E-state index in [1.54, 1.807) is 0 Å². The Kier molecular flexibility index (Phi) is 4.82. The van der Waals surface area contributed by atoms with Gasteiger partial charge in [0.15, 0.2) is 0 Å². The van der Waals surface area contributed by atoms with Gasteiger partial charge < -0.3 is 13.7 Å². The Balaban J connectivity index is 1.26. The summed E-state index contributed by atoms with van der Waals surface area (Å²) in [7, 11) is 0. The molecule has 2 heterocycles. The van der Waals surface area contributed by atoms with E-state index in [1.165, 1.54) is 0 Å². The molecule has 0 spiro atoms. The van der Waals surface area contributed by atoms with E-state index >= 15 is 0 Å². The van der Waals surface area contributed by atoms with Crippen molar-refractivity contribution in [1.82, 2.24) is 0 Å². The number of fused-ring (bicyclic) bond motifs is 6. The molecule has 3 nitrogen and oxygen atoms in total. The minimum absolute atomic E-state index is 0.880. The standard InChI is InChI=1S/C36H23NO2/c1-2-9-26(10-3-1)37(31-13-8-16-34-36(31)30-12-5-7-15-33(30)38-34)27-20-17-24(18-21-27)25-19-22-29-28-11-4-6-14-32(28)39-35(29)23-25/h1-23H. The summed E-state index contributed by atoms with van der Waals surface area (Å²) in [6.45, 7) is 0. The first-order chi connectivity index (χ1) is 19.3. The predicted molar refractivity (Wildman–Crippen MR) is 161 cm³/mol. The summed E-state index contributed by atoms with van der Waals surface area (Å²) in [5, 5.41) is 4.51. The van der Waals surface area contributed by atoms with Gasteiger partial charge in [-0.3, -0.25) is 0 Å². The van der Waals surface area contributed by atoms with Crippen molar-refractivity contribution in [2.45, 2.75) is 0 Å². The van der Waals surface area contributed by atoms with E-state index in [-0.39, 0.29) is 0 Å². The van der Waals surface area contributed by atoms with Crippen molar-refractivity contribution in [3.63, 3.8) is 0 Å². The molecule has 0 aliphatic carbocycles. The third-order valence-corrected chi connectivity index (χ3v) is 7.47. The van der Waals surface area contributed by atoms with Gasteiger partial charge in [0, 0.05) is 27.5 Å². The smallest absolute Gasteiger partial charge is 0.137 e. The Morgan fingerprint density at radius 2 is 0.974 bits per heavy atom. The number of hydrogen-bond acceptors (Lipinski definition) is 3. The zero-order valence-corrected chi connectivity index (χ0v) is 21.0. The quantitative estimate of drug-likeness (QED) is 0.240. The number of para-hydroxylation sites is 3. The lowest BCUT2D eigenvalue weighted by Gasteiger charge is -2.26. The zero-order valence-electron chi connectivity index (χ0n) is 21.0. The highest BCUT2D eigenvalue weighted by Gasteiger charge is 2.19. The van der Waals surface area contributed by atoms with Crippen LogP contribution in [0.15, 0.2) is 148 Å². The molecule has 0 unspecified atom stereocenters. The zero-order chi connectivity index (χ0) is 25.8. The number of nitrogens with zero attached hydrogens (tertiary/aromatic N) is 1. The summed E-state index contributed by atoms with van der Waals surface area (Å²) in [6, 6.07) is 48.4. The average Bonchev–Trinajstić information content (AvgIpc) is 3.56. The molecular formula is C36H23NO2. The monoisotopic (exact) mass is 501 g/mol. The lowest BCUT2D eigenvalue weighted by Crippen LogP contribution is -2.10. The van der Waals surface area contributed by atoms with E-state index in [0.717, 1.165) is 72.1 Å². The Morgan fingerprint density at radius 3 is 1.79 bits per heavy atom. The van der Waals surface area contributed by atoms with Crippen LogP contribution in [0, 0.1) is 0 Å². The Labute approximate surface area is 225 Å². The molecule has 6 aromatic carbocycles. The first-order valence-corrected chi connectivity index (χ1v) is 13.1. The van der Waals surface area contributed by atoms with Gasteiger partial charge in [-0.1, -0.05) is 78.9 Å². The second kappa shape index (κ2) is 8.64. The Morgan fingerprint density at radius 1 is 0.385 bits per heavy atom. The fourth-order valence-corrected chi connectivity index (χ4v) is 5.66. The highest BCUT2D eigenvalue weighted by Crippen LogP contribution is 2.43. The largest absolute Gasteiger partial charge is 0.456 e. The van der Waals surface area contributed by atoms with Gasteiger partial charge in [0.05, 0.1) is 11.1 Å². The molecule has 0 fully saturated rings. The van der Waals surface area contributed by atoms with Crippen LogP contribution in [-0.2, 0) is 0 Å². The molecule has 0 saturated heterocycles. The van der Waals surface area contributed by atoms with Crippen molar-refractivity contribution in [3.8, 4) is 11.1 Å². The van der Waals surface area contributed by atoms with E-state index in [2.05, 4.69) is 108 Å². The third kappa shape index (κ3) is 3.52. The summed E-state index contributed by atoms with van der Waals surface area (Å²) >= 11 is 0. The van der Waals surface area contributed by atoms with E-state index < -0.39 is 0 Å². The van der Waals surface area contributed by atoms with Crippen molar-refractivity contribution in [2.24, 2.45) is 0 Å². The van der Waals surface area contributed by atoms with Gasteiger partial charge in [0.2, 0.25) is 0 Å². The topological polar surface area (TPSA) is 29.5 Å². The fraction of sp³-hybridized carbons (Fsp3) is 0. The summed E-state index contributed by atoms with van der Waals surface area (Å²) in [6.07, 6.45) is 0. The van der Waals surface area contributed by atoms with Gasteiger partial charge in [-0.05, 0) is 71.8 Å². The van der Waals surface area contributed by atoms with Gasteiger partial charge in [0.25, 0.3) is 0 Å². The first-order valence-electron chi connectivity index (χ1n) is 13.1. The average molecular weight is 502 g/mol. The maximum atomic E-state index is 6.21. The van der Waals surface area contributed by atoms with E-state index in [9.17, 15) is 0 Å². The number of hydrogen-bond donors (Lipinski definition) is 0. The Bertz CT molecular complexity index is 2120. The summed E-state index contributed by atoms with van der Waals surface area (Å²) in [4.78, 5) is 2.30. The van der Waals surface area contributed by atoms with Crippen LogP contribution < -0.4 is 4.90 Å². The molecule has 0 saturated carbocycles. The molecule has 2 aromatic heterocycles. The second-order valence-electron chi connectivity index (χ2n) is 9.78. The van der Waals surface area contributed by atoms with Crippen LogP contribution in [-0.4, -0.2) is 0 Å². The molecule has 0 bridgehead atoms. The minimum atomic E-state index is 0.880. The second-order valence-corrected chi connectivity index (χ2v) is 9.78. The van der Waals surface area contributed by atoms with Crippen LogP contribution in [0.2, 0.25) is 0 Å². The summed E-state index contributed by atoms with van der Waals surface area (Å²) in [5.74, 6) is 0. The molecule has 184 valence electrons. The van der Waals surface area contributed by atoms with Crippen LogP contribution >= 0.6 is 0 Å². The predicted octanol–water partition coefficient (Wildman–Crippen LogP) is 10.6. The van der Waals surface area contributed by atoms with E-state index in [0.29, 0.717) is 0 Å². The summed E-state index contributed by atoms with van der Waals surface area (Å²) < 4.78 is 12.4. The SMILES string of the molecule is c1ccc(N(c2ccc(-c3ccc4c(c3)oc3ccccc34)cc2)c2cccc3oc4ccccc4c23)cc1. The highest BCUT2D eigenvalue weighted by atomic mass is 16.3. The van der Waals surface area contributed by atoms with Crippen molar-refractivity contribution >= 4 is 60.9 Å². The van der Waals surface area contributed by atoms with Gasteiger partial charge >= 0.3 is 0 Å². The molecule has 0 atom stereocenters. The van der Waals surface area contributed by atoms with E-state index in [4.69, 9.17) is 8.83 Å². The lowest BCUT2D eigenvalue weighted by atomic mass is 10.0. The van der Waals surface area contributed by atoms with Crippen LogP contribution in [0.4, 0.5) is 17.1 Å². The van der Waals surface area contributed by atoms with Crippen LogP contribution in [0.1, 0.15) is 0 Å². The van der Waals surface area contributed by atoms with Gasteiger partial charge in [-0.2, -0.15) is 0 Å². The lowest BCUT2D eigenvalue weighted by molar-refractivity contribution is 0.668. The first kappa shape index (κ1) is 21.8. The summed E-state index contributed by atoms with van der Waals surface area (Å²) in [5.41, 5.74) is 9.11. The molecular weight excluding hydrogens is 478 g/mol. The van der Waals surface area contributed by atoms with Crippen molar-refractivity contribution in [3.05, 3.63) is 140 Å². The Hall–Kier alpha value is -5.28. The molecule has 3 heteroatoms. The minimum Gasteiger partial charge on any atom is -0.456 e. The molecule has 0 amide bonds. The number of rotatable bonds is 4. The van der Waals surface area contributed by atoms with E-state index in [1.807, 2.05) is 36.4 Å². The maximum absolute atomic E-state index is 6.21. The molecule has 39 heavy (non-hydrogen) atoms. The highest BCUT2D eigenvalue weighted by molar-refractivity contribution is 6.13. The van der Waals surface area contributed by atoms with Gasteiger partial charge in [-0.15, -0.1) is 0 Å². The van der Waals surface area contributed by atoms with Gasteiger partial charge in [0.1, 0.15) is 22.3 Å². The normalized spacial score (nSPS) is 11.6. The molecule has 0 N–H and O–H groups in total. The van der Waals surface area contributed by atoms with Gasteiger partial charge in [-0.25, -0.2) is 0 Å². The molecule has 0 aliphatic rings. The number of furan rings is 2. The maximum Gasteiger partial charge on any atom is 0.137 e. The molecule has 0 radical (unpaired) electrons. The van der Waals surface area contributed by atoms with Crippen LogP contribution in [0.5, 0.6) is 0 Å². The molecule has 8 rings (SSSR count). The van der Waals surface area contributed by atoms with Crippen molar-refractivity contribution in [1.29, 1.82) is 0 Å². The number of anilines is 3. The molecule has 8 aromatic rings.